The fourth-order valence-electron chi connectivity index (χ4n) is 0.806. The Kier molecular flexibility index (Phi) is 2.50. The molecule has 1 rings (SSSR count). The third-order valence-corrected chi connectivity index (χ3v) is 2.51. The second-order valence-corrected chi connectivity index (χ2v) is 3.50. The summed E-state index contributed by atoms with van der Waals surface area (Å²) in [6.45, 7) is 2.08. The Labute approximate surface area is 70.5 Å². The smallest absolute Gasteiger partial charge is 0.180 e. The van der Waals surface area contributed by atoms with E-state index in [9.17, 15) is 0 Å². The van der Waals surface area contributed by atoms with Gasteiger partial charge in [-0.05, 0) is 0 Å². The molecule has 1 aromatic heterocycles. The molecule has 11 heavy (non-hydrogen) atoms. The van der Waals surface area contributed by atoms with Crippen LogP contribution in [0.15, 0.2) is 6.20 Å². The van der Waals surface area contributed by atoms with Gasteiger partial charge in [-0.1, -0.05) is 6.92 Å². The molecule has 1 heterocycles. The van der Waals surface area contributed by atoms with Crippen LogP contribution in [0.25, 0.3) is 0 Å². The number of terminal acetylenes is 1. The van der Waals surface area contributed by atoms with Crippen LogP contribution < -0.4 is 5.73 Å². The van der Waals surface area contributed by atoms with E-state index in [1.165, 1.54) is 16.2 Å². The first-order valence-corrected chi connectivity index (χ1v) is 4.20. The third kappa shape index (κ3) is 1.95. The summed E-state index contributed by atoms with van der Waals surface area (Å²) in [6, 6.07) is 0. The van der Waals surface area contributed by atoms with Gasteiger partial charge in [-0.3, -0.25) is 0 Å². The molecule has 2 nitrogen and oxygen atoms in total. The Morgan fingerprint density at radius 2 is 2.64 bits per heavy atom. The summed E-state index contributed by atoms with van der Waals surface area (Å²) < 4.78 is 0. The average Bonchev–Trinajstić information content (AvgIpc) is 2.36. The standard InChI is InChI=1S/C8H10N2S/c1-3-4-6(2)7-5-10-8(9)11-7/h1,5-6H,4H2,2H3,(H2,9,10). The summed E-state index contributed by atoms with van der Waals surface area (Å²) in [6.07, 6.45) is 7.72. The van der Waals surface area contributed by atoms with Gasteiger partial charge in [0.1, 0.15) is 0 Å². The Morgan fingerprint density at radius 1 is 1.91 bits per heavy atom. The van der Waals surface area contributed by atoms with Crippen molar-refractivity contribution >= 4 is 16.5 Å². The van der Waals surface area contributed by atoms with Gasteiger partial charge in [0.25, 0.3) is 0 Å². The molecule has 3 heteroatoms. The molecule has 2 N–H and O–H groups in total. The number of rotatable bonds is 2. The van der Waals surface area contributed by atoms with Gasteiger partial charge in [0.15, 0.2) is 5.13 Å². The van der Waals surface area contributed by atoms with Crippen LogP contribution in [0.5, 0.6) is 0 Å². The summed E-state index contributed by atoms with van der Waals surface area (Å²) in [5.74, 6) is 3.00. The molecule has 0 saturated carbocycles. The summed E-state index contributed by atoms with van der Waals surface area (Å²) >= 11 is 1.51. The highest BCUT2D eigenvalue weighted by molar-refractivity contribution is 7.15. The lowest BCUT2D eigenvalue weighted by molar-refractivity contribution is 0.812. The van der Waals surface area contributed by atoms with Crippen molar-refractivity contribution in [3.63, 3.8) is 0 Å². The average molecular weight is 166 g/mol. The van der Waals surface area contributed by atoms with Crippen molar-refractivity contribution in [2.75, 3.05) is 5.73 Å². The van der Waals surface area contributed by atoms with E-state index in [-0.39, 0.29) is 0 Å². The predicted octanol–water partition coefficient (Wildman–Crippen LogP) is 1.85. The minimum atomic E-state index is 0.384. The SMILES string of the molecule is C#CCC(C)c1cnc(N)s1. The van der Waals surface area contributed by atoms with Crippen LogP contribution in [0.2, 0.25) is 0 Å². The van der Waals surface area contributed by atoms with E-state index >= 15 is 0 Å². The highest BCUT2D eigenvalue weighted by Crippen LogP contribution is 2.25. The van der Waals surface area contributed by atoms with Gasteiger partial charge in [0.05, 0.1) is 0 Å². The molecule has 0 saturated heterocycles. The lowest BCUT2D eigenvalue weighted by Gasteiger charge is -2.00. The number of aromatic nitrogens is 1. The van der Waals surface area contributed by atoms with Crippen LogP contribution in [-0.2, 0) is 0 Å². The molecule has 58 valence electrons. The molecular formula is C8H10N2S. The lowest BCUT2D eigenvalue weighted by Crippen LogP contribution is -1.86. The Bertz CT molecular complexity index is 272. The van der Waals surface area contributed by atoms with E-state index in [0.717, 1.165) is 6.42 Å². The van der Waals surface area contributed by atoms with E-state index in [2.05, 4.69) is 17.8 Å². The molecule has 0 aliphatic carbocycles. The van der Waals surface area contributed by atoms with Crippen LogP contribution in [0, 0.1) is 12.3 Å². The molecular weight excluding hydrogens is 156 g/mol. The zero-order chi connectivity index (χ0) is 8.27. The second kappa shape index (κ2) is 3.40. The largest absolute Gasteiger partial charge is 0.375 e. The molecule has 0 aliphatic heterocycles. The molecule has 0 spiro atoms. The Morgan fingerprint density at radius 3 is 3.09 bits per heavy atom. The maximum absolute atomic E-state index is 5.47. The molecule has 0 bridgehead atoms. The highest BCUT2D eigenvalue weighted by Gasteiger charge is 2.06. The first-order chi connectivity index (χ1) is 5.24. The number of anilines is 1. The highest BCUT2D eigenvalue weighted by atomic mass is 32.1. The Balaban J connectivity index is 2.70. The molecule has 0 aliphatic rings. The van der Waals surface area contributed by atoms with E-state index < -0.39 is 0 Å². The first kappa shape index (κ1) is 8.09. The van der Waals surface area contributed by atoms with Crippen molar-refractivity contribution in [2.45, 2.75) is 19.3 Å². The van der Waals surface area contributed by atoms with Crippen LogP contribution >= 0.6 is 11.3 Å². The zero-order valence-electron chi connectivity index (χ0n) is 6.37. The second-order valence-electron chi connectivity index (χ2n) is 2.41. The summed E-state index contributed by atoms with van der Waals surface area (Å²) in [5, 5.41) is 0.615. The quantitative estimate of drug-likeness (QED) is 0.681. The molecule has 0 fully saturated rings. The van der Waals surface area contributed by atoms with Crippen molar-refractivity contribution in [3.05, 3.63) is 11.1 Å². The van der Waals surface area contributed by atoms with Crippen molar-refractivity contribution in [1.29, 1.82) is 0 Å². The van der Waals surface area contributed by atoms with Crippen molar-refractivity contribution in [2.24, 2.45) is 0 Å². The van der Waals surface area contributed by atoms with E-state index in [1.807, 2.05) is 0 Å². The normalized spacial score (nSPS) is 12.4. The summed E-state index contributed by atoms with van der Waals surface area (Å²) in [4.78, 5) is 5.11. The van der Waals surface area contributed by atoms with Gasteiger partial charge in [-0.25, -0.2) is 4.98 Å². The van der Waals surface area contributed by atoms with Gasteiger partial charge in [-0.2, -0.15) is 0 Å². The number of nitrogens with two attached hydrogens (primary N) is 1. The molecule has 0 amide bonds. The number of nitrogen functional groups attached to an aromatic ring is 1. The predicted molar refractivity (Wildman–Crippen MR) is 48.4 cm³/mol. The van der Waals surface area contributed by atoms with Gasteiger partial charge in [0.2, 0.25) is 0 Å². The van der Waals surface area contributed by atoms with Crippen LogP contribution in [-0.4, -0.2) is 4.98 Å². The van der Waals surface area contributed by atoms with Crippen LogP contribution in [0.1, 0.15) is 24.1 Å². The maximum Gasteiger partial charge on any atom is 0.180 e. The number of thiazole rings is 1. The molecule has 0 radical (unpaired) electrons. The summed E-state index contributed by atoms with van der Waals surface area (Å²) in [7, 11) is 0. The number of hydrogen-bond acceptors (Lipinski definition) is 3. The monoisotopic (exact) mass is 166 g/mol. The van der Waals surface area contributed by atoms with E-state index in [4.69, 9.17) is 12.2 Å². The van der Waals surface area contributed by atoms with Crippen molar-refractivity contribution < 1.29 is 0 Å². The third-order valence-electron chi connectivity index (χ3n) is 1.45. The molecule has 0 aromatic carbocycles. The van der Waals surface area contributed by atoms with Crippen molar-refractivity contribution in [1.82, 2.24) is 4.98 Å². The summed E-state index contributed by atoms with van der Waals surface area (Å²) in [5.41, 5.74) is 5.47. The van der Waals surface area contributed by atoms with Gasteiger partial charge in [0, 0.05) is 23.4 Å². The number of hydrogen-bond donors (Lipinski definition) is 1. The maximum atomic E-state index is 5.47. The number of nitrogens with zero attached hydrogens (tertiary/aromatic N) is 1. The van der Waals surface area contributed by atoms with E-state index in [0.29, 0.717) is 11.0 Å². The zero-order valence-corrected chi connectivity index (χ0v) is 7.19. The minimum Gasteiger partial charge on any atom is -0.375 e. The fourth-order valence-corrected chi connectivity index (χ4v) is 1.54. The molecule has 1 unspecified atom stereocenters. The van der Waals surface area contributed by atoms with Gasteiger partial charge < -0.3 is 5.73 Å². The topological polar surface area (TPSA) is 38.9 Å². The van der Waals surface area contributed by atoms with Crippen LogP contribution in [0.3, 0.4) is 0 Å². The lowest BCUT2D eigenvalue weighted by atomic mass is 10.1. The Hall–Kier alpha value is -1.01. The van der Waals surface area contributed by atoms with Crippen LogP contribution in [0.4, 0.5) is 5.13 Å². The van der Waals surface area contributed by atoms with Gasteiger partial charge in [-0.15, -0.1) is 23.7 Å². The molecule has 1 aromatic rings. The van der Waals surface area contributed by atoms with E-state index in [1.54, 1.807) is 6.20 Å². The minimum absolute atomic E-state index is 0.384. The van der Waals surface area contributed by atoms with Gasteiger partial charge >= 0.3 is 0 Å². The fraction of sp³-hybridized carbons (Fsp3) is 0.375. The van der Waals surface area contributed by atoms with Crippen molar-refractivity contribution in [3.8, 4) is 12.3 Å². The first-order valence-electron chi connectivity index (χ1n) is 3.38. The molecule has 1 atom stereocenters.